The van der Waals surface area contributed by atoms with Gasteiger partial charge in [-0.15, -0.1) is 0 Å². The summed E-state index contributed by atoms with van der Waals surface area (Å²) in [5.74, 6) is -3.07. The highest BCUT2D eigenvalue weighted by Crippen LogP contribution is 2.29. The van der Waals surface area contributed by atoms with Crippen LogP contribution in [0.25, 0.3) is 0 Å². The number of hydrogen-bond donors (Lipinski definition) is 4. The molecule has 0 atom stereocenters. The normalized spacial score (nSPS) is 9.68. The Labute approximate surface area is 152 Å². The number of rotatable bonds is 5. The van der Waals surface area contributed by atoms with Gasteiger partial charge in [-0.3, -0.25) is 4.79 Å². The van der Waals surface area contributed by atoms with Crippen molar-refractivity contribution >= 4 is 46.7 Å². The summed E-state index contributed by atoms with van der Waals surface area (Å²) in [6, 6.07) is 8.70. The Morgan fingerprint density at radius 3 is 2.28 bits per heavy atom. The Bertz CT molecular complexity index is 722. The monoisotopic (exact) mass is 388 g/mol. The number of amides is 1. The van der Waals surface area contributed by atoms with Crippen LogP contribution in [0.15, 0.2) is 41.0 Å². The molecule has 0 fully saturated rings. The SMILES string of the molecule is O=C(CNCc1ccco1)Nc1cccc(Cl)c1Cl.O=C(O)C(=O)O. The van der Waals surface area contributed by atoms with Crippen LogP contribution >= 0.6 is 23.2 Å². The lowest BCUT2D eigenvalue weighted by molar-refractivity contribution is -0.159. The summed E-state index contributed by atoms with van der Waals surface area (Å²) < 4.78 is 5.14. The summed E-state index contributed by atoms with van der Waals surface area (Å²) in [6.07, 6.45) is 1.59. The van der Waals surface area contributed by atoms with Crippen LogP contribution < -0.4 is 10.6 Å². The molecule has 2 aromatic rings. The average molecular weight is 389 g/mol. The molecule has 0 radical (unpaired) electrons. The first-order valence-electron chi connectivity index (χ1n) is 6.74. The molecule has 0 spiro atoms. The molecule has 1 aromatic carbocycles. The van der Waals surface area contributed by atoms with Gasteiger partial charge in [-0.1, -0.05) is 29.3 Å². The molecule has 0 aliphatic carbocycles. The van der Waals surface area contributed by atoms with Gasteiger partial charge in [0, 0.05) is 0 Å². The number of carbonyl (C=O) groups is 3. The van der Waals surface area contributed by atoms with Crippen molar-refractivity contribution in [1.29, 1.82) is 0 Å². The maximum Gasteiger partial charge on any atom is 0.414 e. The zero-order chi connectivity index (χ0) is 18.8. The van der Waals surface area contributed by atoms with E-state index in [2.05, 4.69) is 10.6 Å². The van der Waals surface area contributed by atoms with Gasteiger partial charge in [0.1, 0.15) is 5.76 Å². The maximum absolute atomic E-state index is 11.7. The second kappa shape index (κ2) is 10.3. The topological polar surface area (TPSA) is 129 Å². The van der Waals surface area contributed by atoms with Crippen LogP contribution in [0, 0.1) is 0 Å². The third-order valence-corrected chi connectivity index (χ3v) is 3.39. The largest absolute Gasteiger partial charge is 0.473 e. The number of carboxylic acid groups (broad SMARTS) is 2. The zero-order valence-electron chi connectivity index (χ0n) is 12.7. The number of aliphatic carboxylic acids is 2. The standard InChI is InChI=1S/C13H12Cl2N2O2.C2H2O4/c14-10-4-1-5-11(13(10)15)17-12(18)8-16-7-9-3-2-6-19-9;3-1(4)2(5)6/h1-6,16H,7-8H2,(H,17,18);(H,3,4)(H,5,6). The van der Waals surface area contributed by atoms with Crippen LogP contribution in [0.2, 0.25) is 10.0 Å². The molecule has 0 saturated carbocycles. The molecule has 8 nitrogen and oxygen atoms in total. The smallest absolute Gasteiger partial charge is 0.414 e. The number of halogens is 2. The molecule has 1 amide bonds. The molecular formula is C15H14Cl2N2O6. The van der Waals surface area contributed by atoms with Crippen molar-refractivity contribution in [3.8, 4) is 0 Å². The number of benzene rings is 1. The van der Waals surface area contributed by atoms with Crippen molar-refractivity contribution in [2.24, 2.45) is 0 Å². The van der Waals surface area contributed by atoms with E-state index in [4.69, 9.17) is 47.4 Å². The third kappa shape index (κ3) is 7.71. The van der Waals surface area contributed by atoms with Crippen molar-refractivity contribution in [2.75, 3.05) is 11.9 Å². The van der Waals surface area contributed by atoms with E-state index in [9.17, 15) is 4.79 Å². The fraction of sp³-hybridized carbons (Fsp3) is 0.133. The Morgan fingerprint density at radius 2 is 1.72 bits per heavy atom. The number of furan rings is 1. The minimum Gasteiger partial charge on any atom is -0.473 e. The highest BCUT2D eigenvalue weighted by atomic mass is 35.5. The molecule has 0 saturated heterocycles. The molecule has 1 aromatic heterocycles. The van der Waals surface area contributed by atoms with Crippen molar-refractivity contribution < 1.29 is 29.0 Å². The van der Waals surface area contributed by atoms with E-state index < -0.39 is 11.9 Å². The van der Waals surface area contributed by atoms with E-state index >= 15 is 0 Å². The molecular weight excluding hydrogens is 375 g/mol. The summed E-state index contributed by atoms with van der Waals surface area (Å²) in [4.78, 5) is 29.9. The van der Waals surface area contributed by atoms with Crippen molar-refractivity contribution in [3.05, 3.63) is 52.4 Å². The summed E-state index contributed by atoms with van der Waals surface area (Å²) in [5.41, 5.74) is 0.499. The van der Waals surface area contributed by atoms with Gasteiger partial charge in [0.2, 0.25) is 5.91 Å². The molecule has 1 heterocycles. The van der Waals surface area contributed by atoms with E-state index in [1.165, 1.54) is 0 Å². The van der Waals surface area contributed by atoms with Crippen LogP contribution in [0.5, 0.6) is 0 Å². The number of carboxylic acids is 2. The summed E-state index contributed by atoms with van der Waals surface area (Å²) in [6.45, 7) is 0.646. The van der Waals surface area contributed by atoms with Crippen LogP contribution in [0.1, 0.15) is 5.76 Å². The molecule has 0 aliphatic rings. The van der Waals surface area contributed by atoms with Crippen LogP contribution in [-0.2, 0) is 20.9 Å². The molecule has 134 valence electrons. The first-order chi connectivity index (χ1) is 11.8. The summed E-state index contributed by atoms with van der Waals surface area (Å²) in [7, 11) is 0. The lowest BCUT2D eigenvalue weighted by Gasteiger charge is -2.08. The lowest BCUT2D eigenvalue weighted by atomic mass is 10.3. The molecule has 0 bridgehead atoms. The van der Waals surface area contributed by atoms with Crippen molar-refractivity contribution in [1.82, 2.24) is 5.32 Å². The molecule has 0 aliphatic heterocycles. The number of anilines is 1. The Balaban J connectivity index is 0.000000450. The van der Waals surface area contributed by atoms with Gasteiger partial charge >= 0.3 is 11.9 Å². The fourth-order valence-corrected chi connectivity index (χ4v) is 1.85. The lowest BCUT2D eigenvalue weighted by Crippen LogP contribution is -2.27. The van der Waals surface area contributed by atoms with Crippen LogP contribution in [0.4, 0.5) is 5.69 Å². The second-order valence-electron chi connectivity index (χ2n) is 4.44. The summed E-state index contributed by atoms with van der Waals surface area (Å²) >= 11 is 11.8. The Morgan fingerprint density at radius 1 is 1.04 bits per heavy atom. The predicted octanol–water partition coefficient (Wildman–Crippen LogP) is 2.47. The second-order valence-corrected chi connectivity index (χ2v) is 5.23. The first-order valence-corrected chi connectivity index (χ1v) is 7.50. The highest BCUT2D eigenvalue weighted by Gasteiger charge is 2.08. The highest BCUT2D eigenvalue weighted by molar-refractivity contribution is 6.44. The van der Waals surface area contributed by atoms with Gasteiger partial charge in [0.05, 0.1) is 35.1 Å². The maximum atomic E-state index is 11.7. The minimum atomic E-state index is -1.82. The Kier molecular flexibility index (Phi) is 8.48. The number of nitrogens with one attached hydrogen (secondary N) is 2. The van der Waals surface area contributed by atoms with Gasteiger partial charge in [-0.05, 0) is 24.3 Å². The van der Waals surface area contributed by atoms with E-state index in [0.717, 1.165) is 5.76 Å². The molecule has 4 N–H and O–H groups in total. The minimum absolute atomic E-state index is 0.156. The molecule has 10 heteroatoms. The molecule has 2 rings (SSSR count). The van der Waals surface area contributed by atoms with E-state index in [0.29, 0.717) is 22.3 Å². The zero-order valence-corrected chi connectivity index (χ0v) is 14.2. The van der Waals surface area contributed by atoms with Gasteiger partial charge in [-0.2, -0.15) is 0 Å². The average Bonchev–Trinajstić information content (AvgIpc) is 3.06. The predicted molar refractivity (Wildman–Crippen MR) is 90.8 cm³/mol. The van der Waals surface area contributed by atoms with Gasteiger partial charge in [0.15, 0.2) is 0 Å². The van der Waals surface area contributed by atoms with E-state index in [1.807, 2.05) is 6.07 Å². The third-order valence-electron chi connectivity index (χ3n) is 2.57. The van der Waals surface area contributed by atoms with Gasteiger partial charge in [0.25, 0.3) is 0 Å². The molecule has 0 unspecified atom stereocenters. The first kappa shape index (κ1) is 20.5. The summed E-state index contributed by atoms with van der Waals surface area (Å²) in [5, 5.41) is 21.2. The van der Waals surface area contributed by atoms with Gasteiger partial charge < -0.3 is 25.3 Å². The number of hydrogen-bond acceptors (Lipinski definition) is 5. The van der Waals surface area contributed by atoms with Gasteiger partial charge in [-0.25, -0.2) is 9.59 Å². The Hall–Kier alpha value is -2.55. The van der Waals surface area contributed by atoms with Crippen molar-refractivity contribution in [3.63, 3.8) is 0 Å². The van der Waals surface area contributed by atoms with E-state index in [1.54, 1.807) is 30.5 Å². The molecule has 25 heavy (non-hydrogen) atoms. The number of carbonyl (C=O) groups excluding carboxylic acids is 1. The van der Waals surface area contributed by atoms with Crippen molar-refractivity contribution in [2.45, 2.75) is 6.54 Å². The fourth-order valence-electron chi connectivity index (χ4n) is 1.51. The van der Waals surface area contributed by atoms with Crippen LogP contribution in [0.3, 0.4) is 0 Å². The van der Waals surface area contributed by atoms with E-state index in [-0.39, 0.29) is 12.5 Å². The van der Waals surface area contributed by atoms with Crippen LogP contribution in [-0.4, -0.2) is 34.6 Å². The quantitative estimate of drug-likeness (QED) is 0.578.